The molecular formula is C18H11F4N7+2. The Kier molecular flexibility index (Phi) is 2.73. The van der Waals surface area contributed by atoms with Crippen LogP contribution in [0.5, 0.6) is 0 Å². The summed E-state index contributed by atoms with van der Waals surface area (Å²) < 4.78 is 60.4. The molecule has 1 atom stereocenters. The number of hydrogen-bond acceptors (Lipinski definition) is 3. The second-order valence-electron chi connectivity index (χ2n) is 6.91. The Morgan fingerprint density at radius 2 is 1.76 bits per heavy atom. The quantitative estimate of drug-likeness (QED) is 0.288. The monoisotopic (exact) mass is 401 g/mol. The molecule has 0 saturated heterocycles. The normalized spacial score (nSPS) is 18.7. The highest BCUT2D eigenvalue weighted by Crippen LogP contribution is 2.38. The van der Waals surface area contributed by atoms with Crippen molar-refractivity contribution in [1.29, 1.82) is 0 Å². The van der Waals surface area contributed by atoms with Crippen LogP contribution >= 0.6 is 0 Å². The molecule has 6 heterocycles. The van der Waals surface area contributed by atoms with Crippen LogP contribution in [0.3, 0.4) is 0 Å². The number of nitrogens with zero attached hydrogens (tertiary/aromatic N) is 7. The van der Waals surface area contributed by atoms with Crippen molar-refractivity contribution < 1.29 is 26.7 Å². The summed E-state index contributed by atoms with van der Waals surface area (Å²) in [5, 5.41) is 8.35. The lowest BCUT2D eigenvalue weighted by Crippen LogP contribution is -2.77. The number of hydrogen-bond donors (Lipinski definition) is 0. The molecule has 4 aromatic heterocycles. The molecule has 0 N–H and O–H groups in total. The van der Waals surface area contributed by atoms with Crippen LogP contribution < -0.4 is 9.13 Å². The zero-order chi connectivity index (χ0) is 20.1. The van der Waals surface area contributed by atoms with E-state index in [0.29, 0.717) is 11.4 Å². The third kappa shape index (κ3) is 1.80. The average Bonchev–Trinajstić information content (AvgIpc) is 3.37. The highest BCUT2D eigenvalue weighted by molar-refractivity contribution is 5.55. The van der Waals surface area contributed by atoms with E-state index >= 15 is 0 Å². The highest BCUT2D eigenvalue weighted by atomic mass is 19.4. The van der Waals surface area contributed by atoms with Crippen LogP contribution in [0.25, 0.3) is 22.9 Å². The Morgan fingerprint density at radius 3 is 2.55 bits per heavy atom. The number of fused-ring (bicyclic) bond motifs is 10. The van der Waals surface area contributed by atoms with Gasteiger partial charge in [0, 0.05) is 18.2 Å². The van der Waals surface area contributed by atoms with Crippen molar-refractivity contribution >= 4 is 0 Å². The Bertz CT molecular complexity index is 1340. The van der Waals surface area contributed by atoms with E-state index in [9.17, 15) is 17.6 Å². The highest BCUT2D eigenvalue weighted by Gasteiger charge is 2.70. The van der Waals surface area contributed by atoms with Crippen LogP contribution in [0.4, 0.5) is 17.6 Å². The zero-order valence-electron chi connectivity index (χ0n) is 14.8. The molecule has 29 heavy (non-hydrogen) atoms. The van der Waals surface area contributed by atoms with E-state index < -0.39 is 23.7 Å². The number of pyridine rings is 2. The molecule has 4 aromatic rings. The van der Waals surface area contributed by atoms with Crippen LogP contribution in [0, 0.1) is 12.7 Å². The third-order valence-electron chi connectivity index (χ3n) is 5.18. The van der Waals surface area contributed by atoms with E-state index in [1.165, 1.54) is 12.3 Å². The fraction of sp³-hybridized carbons (Fsp3) is 0.167. The minimum Gasteiger partial charge on any atom is -0.206 e. The Morgan fingerprint density at radius 1 is 0.966 bits per heavy atom. The molecule has 0 saturated carbocycles. The van der Waals surface area contributed by atoms with Crippen molar-refractivity contribution in [2.24, 2.45) is 0 Å². The smallest absolute Gasteiger partial charge is 0.206 e. The van der Waals surface area contributed by atoms with E-state index in [2.05, 4.69) is 15.2 Å². The van der Waals surface area contributed by atoms with Crippen molar-refractivity contribution in [2.45, 2.75) is 19.0 Å². The summed E-state index contributed by atoms with van der Waals surface area (Å²) in [4.78, 5) is 3.70. The van der Waals surface area contributed by atoms with Crippen LogP contribution in [0.2, 0.25) is 0 Å². The summed E-state index contributed by atoms with van der Waals surface area (Å²) in [5.41, 5.74) is 2.27. The number of aryl methyl sites for hydroxylation is 1. The van der Waals surface area contributed by atoms with Gasteiger partial charge in [-0.1, -0.05) is 13.8 Å². The fourth-order valence-corrected chi connectivity index (χ4v) is 4.15. The number of alkyl halides is 3. The number of aromatic nitrogens is 7. The van der Waals surface area contributed by atoms with E-state index in [1.807, 2.05) is 18.2 Å². The maximum Gasteiger partial charge on any atom is 0.584 e. The lowest BCUT2D eigenvalue weighted by atomic mass is 10.2. The molecule has 0 aliphatic carbocycles. The van der Waals surface area contributed by atoms with Gasteiger partial charge in [-0.25, -0.2) is 4.39 Å². The van der Waals surface area contributed by atoms with Crippen molar-refractivity contribution in [1.82, 2.24) is 24.5 Å². The van der Waals surface area contributed by atoms with Gasteiger partial charge in [-0.05, 0) is 19.1 Å². The van der Waals surface area contributed by atoms with Gasteiger partial charge in [-0.3, -0.25) is 0 Å². The second kappa shape index (κ2) is 4.85. The van der Waals surface area contributed by atoms with Gasteiger partial charge in [0.15, 0.2) is 12.4 Å². The van der Waals surface area contributed by atoms with Gasteiger partial charge in [0.25, 0.3) is 11.5 Å². The molecule has 0 bridgehead atoms. The minimum atomic E-state index is -4.75. The molecule has 2 aliphatic heterocycles. The molecule has 0 radical (unpaired) electrons. The lowest BCUT2D eigenvalue weighted by Gasteiger charge is -2.15. The first kappa shape index (κ1) is 16.3. The van der Waals surface area contributed by atoms with Gasteiger partial charge >= 0.3 is 12.1 Å². The Labute approximate surface area is 160 Å². The van der Waals surface area contributed by atoms with E-state index in [1.54, 1.807) is 33.0 Å². The maximum atomic E-state index is 14.0. The summed E-state index contributed by atoms with van der Waals surface area (Å²) in [6, 6.07) is 9.64. The summed E-state index contributed by atoms with van der Waals surface area (Å²) in [6.45, 7) is 1.79. The van der Waals surface area contributed by atoms with Crippen LogP contribution in [0.1, 0.15) is 11.5 Å². The molecule has 1 spiro atoms. The van der Waals surface area contributed by atoms with Crippen molar-refractivity contribution in [2.75, 3.05) is 0 Å². The maximum absolute atomic E-state index is 14.0. The van der Waals surface area contributed by atoms with E-state index in [-0.39, 0.29) is 11.5 Å². The van der Waals surface area contributed by atoms with Crippen LogP contribution in [-0.4, -0.2) is 24.5 Å². The first-order valence-corrected chi connectivity index (χ1v) is 8.67. The number of halogens is 4. The largest absolute Gasteiger partial charge is 0.584 e. The van der Waals surface area contributed by atoms with Gasteiger partial charge < -0.3 is 0 Å². The molecule has 0 amide bonds. The third-order valence-corrected chi connectivity index (χ3v) is 5.18. The molecular weight excluding hydrogens is 390 g/mol. The Balaban J connectivity index is 1.81. The molecule has 11 heteroatoms. The minimum absolute atomic E-state index is 0.0971. The molecule has 1 unspecified atom stereocenters. The SMILES string of the molecule is Cc1cc2n(n1)C1(n3nc(C(F)(F)F)nc3-c3cc(F)cc[n+]31)[n+]1ccccc1-2. The Hall–Kier alpha value is -3.63. The van der Waals surface area contributed by atoms with Gasteiger partial charge in [0.2, 0.25) is 11.5 Å². The van der Waals surface area contributed by atoms with E-state index in [4.69, 9.17) is 0 Å². The second-order valence-corrected chi connectivity index (χ2v) is 6.91. The number of rotatable bonds is 0. The predicted molar refractivity (Wildman–Crippen MR) is 87.4 cm³/mol. The zero-order valence-corrected chi connectivity index (χ0v) is 14.8. The topological polar surface area (TPSA) is 56.3 Å². The summed E-state index contributed by atoms with van der Waals surface area (Å²) in [5.74, 6) is -3.45. The van der Waals surface area contributed by atoms with E-state index in [0.717, 1.165) is 16.4 Å². The van der Waals surface area contributed by atoms with Crippen molar-refractivity contribution in [3.8, 4) is 22.9 Å². The molecule has 6 rings (SSSR count). The van der Waals surface area contributed by atoms with Gasteiger partial charge in [0.1, 0.15) is 11.5 Å². The molecule has 0 aromatic carbocycles. The van der Waals surface area contributed by atoms with Crippen molar-refractivity contribution in [3.63, 3.8) is 0 Å². The van der Waals surface area contributed by atoms with Crippen molar-refractivity contribution in [3.05, 3.63) is 66.1 Å². The first-order valence-electron chi connectivity index (χ1n) is 8.67. The van der Waals surface area contributed by atoms with Gasteiger partial charge in [-0.15, -0.1) is 9.78 Å². The van der Waals surface area contributed by atoms with Gasteiger partial charge in [-0.2, -0.15) is 23.3 Å². The molecule has 2 aliphatic rings. The standard InChI is InChI=1S/C18H11F4N7/c1-10-8-13-12-4-2-3-6-26(12)18(28(13)24-10)27-7-5-11(19)9-14(27)15-23-16(17(20,21)22)25-29(15)18/h2-9H,1H3/q+2. The van der Waals surface area contributed by atoms with Crippen LogP contribution in [-0.2, 0) is 12.1 Å². The average molecular weight is 401 g/mol. The summed E-state index contributed by atoms with van der Waals surface area (Å²) >= 11 is 0. The predicted octanol–water partition coefficient (Wildman–Crippen LogP) is 1.69. The molecule has 7 nitrogen and oxygen atoms in total. The van der Waals surface area contributed by atoms with Gasteiger partial charge in [0.05, 0.1) is 11.8 Å². The summed E-state index contributed by atoms with van der Waals surface area (Å²) in [6.07, 6.45) is -1.56. The summed E-state index contributed by atoms with van der Waals surface area (Å²) in [7, 11) is 0. The lowest BCUT2D eigenvalue weighted by molar-refractivity contribution is -0.990. The van der Waals surface area contributed by atoms with Crippen LogP contribution in [0.15, 0.2) is 48.8 Å². The molecule has 144 valence electrons. The fourth-order valence-electron chi connectivity index (χ4n) is 4.15. The first-order chi connectivity index (χ1) is 13.8. The molecule has 0 fully saturated rings.